The molecule has 29 heavy (non-hydrogen) atoms. The van der Waals surface area contributed by atoms with Crippen LogP contribution in [0.2, 0.25) is 0 Å². The Balaban J connectivity index is 1.66. The molecule has 3 aromatic rings. The first-order valence-electron chi connectivity index (χ1n) is 9.70. The number of para-hydroxylation sites is 2. The van der Waals surface area contributed by atoms with Crippen LogP contribution in [0.3, 0.4) is 0 Å². The lowest BCUT2D eigenvalue weighted by molar-refractivity contribution is -0.0212. The van der Waals surface area contributed by atoms with Crippen molar-refractivity contribution in [2.75, 3.05) is 7.11 Å². The zero-order valence-corrected chi connectivity index (χ0v) is 16.4. The minimum atomic E-state index is -0.367. The molecule has 0 radical (unpaired) electrons. The number of hydrogen-bond donors (Lipinski definition) is 1. The third-order valence-electron chi connectivity index (χ3n) is 5.67. The van der Waals surface area contributed by atoms with E-state index in [2.05, 4.69) is 25.1 Å². The molecule has 5 nitrogen and oxygen atoms in total. The molecule has 0 amide bonds. The first-order chi connectivity index (χ1) is 14.2. The molecule has 2 heterocycles. The summed E-state index contributed by atoms with van der Waals surface area (Å²) in [5.74, 6) is 1.72. The van der Waals surface area contributed by atoms with E-state index < -0.39 is 0 Å². The fraction of sp³-hybridized carbons (Fsp3) is 0.208. The highest BCUT2D eigenvalue weighted by Crippen LogP contribution is 2.51. The van der Waals surface area contributed by atoms with E-state index in [0.29, 0.717) is 6.42 Å². The van der Waals surface area contributed by atoms with Crippen molar-refractivity contribution >= 4 is 5.71 Å². The van der Waals surface area contributed by atoms with E-state index in [9.17, 15) is 5.11 Å². The van der Waals surface area contributed by atoms with Crippen LogP contribution in [0.1, 0.15) is 40.9 Å². The van der Waals surface area contributed by atoms with Gasteiger partial charge in [0.25, 0.3) is 0 Å². The number of aromatic hydroxyl groups is 1. The van der Waals surface area contributed by atoms with Gasteiger partial charge in [0.15, 0.2) is 11.5 Å². The molecule has 2 atom stereocenters. The molecule has 3 aromatic carbocycles. The quantitative estimate of drug-likeness (QED) is 0.692. The minimum absolute atomic E-state index is 0.00747. The van der Waals surface area contributed by atoms with Crippen molar-refractivity contribution in [3.05, 3.63) is 89.0 Å². The van der Waals surface area contributed by atoms with Crippen molar-refractivity contribution in [1.29, 1.82) is 0 Å². The monoisotopic (exact) mass is 386 g/mol. The van der Waals surface area contributed by atoms with Crippen molar-refractivity contribution in [2.45, 2.75) is 25.6 Å². The van der Waals surface area contributed by atoms with Crippen molar-refractivity contribution in [3.8, 4) is 17.2 Å². The van der Waals surface area contributed by atoms with Crippen LogP contribution >= 0.6 is 0 Å². The number of hydrogen-bond acceptors (Lipinski definition) is 5. The van der Waals surface area contributed by atoms with Crippen LogP contribution in [-0.4, -0.2) is 22.9 Å². The van der Waals surface area contributed by atoms with Crippen LogP contribution in [-0.2, 0) is 0 Å². The molecule has 2 aliphatic heterocycles. The standard InChI is InChI=1S/C24H22N2O3/c1-15-8-3-4-9-16(15)24-26-20(18-11-7-13-22(28-2)23(18)29-24)14-19(25-26)17-10-5-6-12-21(17)27/h3-13,20,24,27H,14H2,1-2H3/t20-,24+/m0/s1. The van der Waals surface area contributed by atoms with Gasteiger partial charge in [-0.15, -0.1) is 0 Å². The number of phenolic OH excluding ortho intramolecular Hbond substituents is 1. The van der Waals surface area contributed by atoms with E-state index in [1.807, 2.05) is 47.5 Å². The summed E-state index contributed by atoms with van der Waals surface area (Å²) in [6.07, 6.45) is 0.317. The molecule has 0 spiro atoms. The highest BCUT2D eigenvalue weighted by atomic mass is 16.5. The third-order valence-corrected chi connectivity index (χ3v) is 5.67. The van der Waals surface area contributed by atoms with Gasteiger partial charge in [0.2, 0.25) is 6.23 Å². The Morgan fingerprint density at radius 1 is 1.00 bits per heavy atom. The van der Waals surface area contributed by atoms with Gasteiger partial charge in [0, 0.05) is 23.1 Å². The number of fused-ring (bicyclic) bond motifs is 3. The van der Waals surface area contributed by atoms with Crippen LogP contribution in [0.5, 0.6) is 17.2 Å². The smallest absolute Gasteiger partial charge is 0.214 e. The first kappa shape index (κ1) is 17.6. The number of ether oxygens (including phenoxy) is 2. The number of methoxy groups -OCH3 is 1. The molecule has 0 aliphatic carbocycles. The Hall–Kier alpha value is -3.47. The Morgan fingerprint density at radius 3 is 2.55 bits per heavy atom. The molecule has 0 fully saturated rings. The second-order valence-corrected chi connectivity index (χ2v) is 7.37. The molecule has 0 saturated heterocycles. The fourth-order valence-electron chi connectivity index (χ4n) is 4.19. The van der Waals surface area contributed by atoms with E-state index >= 15 is 0 Å². The van der Waals surface area contributed by atoms with Gasteiger partial charge in [-0.25, -0.2) is 5.01 Å². The summed E-state index contributed by atoms with van der Waals surface area (Å²) < 4.78 is 12.1. The molecular weight excluding hydrogens is 364 g/mol. The first-order valence-corrected chi connectivity index (χ1v) is 9.70. The molecule has 146 valence electrons. The third kappa shape index (κ3) is 2.81. The second kappa shape index (κ2) is 6.85. The number of phenols is 1. The molecule has 0 unspecified atom stereocenters. The van der Waals surface area contributed by atoms with Crippen molar-refractivity contribution in [3.63, 3.8) is 0 Å². The topological polar surface area (TPSA) is 54.3 Å². The Bertz CT molecular complexity index is 1110. The van der Waals surface area contributed by atoms with Gasteiger partial charge in [-0.2, -0.15) is 5.10 Å². The molecule has 5 heteroatoms. The number of nitrogens with zero attached hydrogens (tertiary/aromatic N) is 2. The minimum Gasteiger partial charge on any atom is -0.507 e. The lowest BCUT2D eigenvalue weighted by Crippen LogP contribution is -2.34. The van der Waals surface area contributed by atoms with Crippen LogP contribution < -0.4 is 9.47 Å². The van der Waals surface area contributed by atoms with E-state index in [-0.39, 0.29) is 18.0 Å². The molecule has 0 aromatic heterocycles. The normalized spacial score (nSPS) is 19.8. The molecule has 0 bridgehead atoms. The number of rotatable bonds is 3. The fourth-order valence-corrected chi connectivity index (χ4v) is 4.19. The molecule has 2 aliphatic rings. The highest BCUT2D eigenvalue weighted by Gasteiger charge is 2.42. The van der Waals surface area contributed by atoms with Crippen LogP contribution in [0.4, 0.5) is 0 Å². The summed E-state index contributed by atoms with van der Waals surface area (Å²) in [6, 6.07) is 21.5. The number of aryl methyl sites for hydroxylation is 1. The summed E-state index contributed by atoms with van der Waals surface area (Å²) in [5.41, 5.74) is 4.86. The van der Waals surface area contributed by atoms with E-state index in [1.54, 1.807) is 13.2 Å². The predicted molar refractivity (Wildman–Crippen MR) is 111 cm³/mol. The van der Waals surface area contributed by atoms with E-state index in [1.165, 1.54) is 0 Å². The summed E-state index contributed by atoms with van der Waals surface area (Å²) in [6.45, 7) is 2.08. The number of benzene rings is 3. The zero-order valence-electron chi connectivity index (χ0n) is 16.4. The van der Waals surface area contributed by atoms with E-state index in [0.717, 1.165) is 39.5 Å². The molecule has 5 rings (SSSR count). The average molecular weight is 386 g/mol. The van der Waals surface area contributed by atoms with Gasteiger partial charge in [-0.05, 0) is 30.7 Å². The van der Waals surface area contributed by atoms with Gasteiger partial charge >= 0.3 is 0 Å². The van der Waals surface area contributed by atoms with Gasteiger partial charge < -0.3 is 14.6 Å². The Kier molecular flexibility index (Phi) is 4.16. The van der Waals surface area contributed by atoms with Crippen LogP contribution in [0.25, 0.3) is 0 Å². The predicted octanol–water partition coefficient (Wildman–Crippen LogP) is 4.95. The number of hydrazone groups is 1. The lowest BCUT2D eigenvalue weighted by atomic mass is 9.94. The van der Waals surface area contributed by atoms with Gasteiger partial charge in [0.1, 0.15) is 5.75 Å². The van der Waals surface area contributed by atoms with Crippen molar-refractivity contribution < 1.29 is 14.6 Å². The summed E-state index contributed by atoms with van der Waals surface area (Å²) in [5, 5.41) is 17.3. The largest absolute Gasteiger partial charge is 0.507 e. The summed E-state index contributed by atoms with van der Waals surface area (Å²) in [4.78, 5) is 0. The van der Waals surface area contributed by atoms with Crippen LogP contribution in [0.15, 0.2) is 71.8 Å². The summed E-state index contributed by atoms with van der Waals surface area (Å²) in [7, 11) is 1.66. The SMILES string of the molecule is COc1cccc2c1O[C@H](c1ccccc1C)N1N=C(c3ccccc3O)C[C@@H]21. The second-order valence-electron chi connectivity index (χ2n) is 7.37. The van der Waals surface area contributed by atoms with E-state index in [4.69, 9.17) is 14.6 Å². The maximum absolute atomic E-state index is 10.4. The van der Waals surface area contributed by atoms with Gasteiger partial charge in [0.05, 0.1) is 18.9 Å². The Labute approximate surface area is 169 Å². The highest BCUT2D eigenvalue weighted by molar-refractivity contribution is 6.04. The van der Waals surface area contributed by atoms with Crippen molar-refractivity contribution in [1.82, 2.24) is 5.01 Å². The molecular formula is C24H22N2O3. The van der Waals surface area contributed by atoms with Gasteiger partial charge in [-0.3, -0.25) is 0 Å². The molecule has 0 saturated carbocycles. The zero-order chi connectivity index (χ0) is 20.0. The maximum atomic E-state index is 10.4. The average Bonchev–Trinajstić information content (AvgIpc) is 3.19. The summed E-state index contributed by atoms with van der Waals surface area (Å²) >= 11 is 0. The van der Waals surface area contributed by atoms with Crippen LogP contribution in [0, 0.1) is 6.92 Å². The molecule has 1 N–H and O–H groups in total. The van der Waals surface area contributed by atoms with Gasteiger partial charge in [-0.1, -0.05) is 48.5 Å². The lowest BCUT2D eigenvalue weighted by Gasteiger charge is -2.39. The maximum Gasteiger partial charge on any atom is 0.214 e. The van der Waals surface area contributed by atoms with Crippen molar-refractivity contribution in [2.24, 2.45) is 5.10 Å². The Morgan fingerprint density at radius 2 is 1.76 bits per heavy atom.